The van der Waals surface area contributed by atoms with Gasteiger partial charge in [0, 0.05) is 38.2 Å². The van der Waals surface area contributed by atoms with Crippen LogP contribution in [-0.4, -0.2) is 82.5 Å². The number of nitrogens with one attached hydrogen (secondary N) is 1. The molecule has 2 aromatic heterocycles. The number of rotatable bonds is 10. The molecule has 0 spiro atoms. The van der Waals surface area contributed by atoms with E-state index in [2.05, 4.69) is 15.2 Å². The van der Waals surface area contributed by atoms with Crippen molar-refractivity contribution < 1.29 is 17.6 Å². The summed E-state index contributed by atoms with van der Waals surface area (Å²) in [6.07, 6.45) is 1.47. The zero-order valence-corrected chi connectivity index (χ0v) is 22.8. The molecule has 196 valence electrons. The molecule has 0 atom stereocenters. The van der Waals surface area contributed by atoms with Crippen LogP contribution in [0.4, 0.5) is 15.2 Å². The number of hydrogen-bond donors (Lipinski definition) is 2. The molecule has 3 heterocycles. The largest absolute Gasteiger partial charge is 0.329 e. The normalized spacial score (nSPS) is 15.6. The summed E-state index contributed by atoms with van der Waals surface area (Å²) in [6.45, 7) is 3.66. The van der Waals surface area contributed by atoms with Crippen LogP contribution in [-0.2, 0) is 14.8 Å². The van der Waals surface area contributed by atoms with Crippen molar-refractivity contribution >= 4 is 59.6 Å². The number of sulfonamides is 1. The number of thiophene rings is 1. The van der Waals surface area contributed by atoms with Gasteiger partial charge in [0.05, 0.1) is 10.4 Å². The van der Waals surface area contributed by atoms with Gasteiger partial charge in [0.1, 0.15) is 9.73 Å². The molecule has 1 saturated heterocycles. The van der Waals surface area contributed by atoms with Crippen molar-refractivity contribution in [3.8, 4) is 0 Å². The van der Waals surface area contributed by atoms with Crippen molar-refractivity contribution in [1.29, 1.82) is 0 Å². The molecule has 0 bridgehead atoms. The van der Waals surface area contributed by atoms with E-state index in [0.717, 1.165) is 55.1 Å². The van der Waals surface area contributed by atoms with Crippen molar-refractivity contribution in [2.45, 2.75) is 17.1 Å². The number of thiazole rings is 1. The van der Waals surface area contributed by atoms with Gasteiger partial charge in [-0.15, -0.1) is 11.3 Å². The summed E-state index contributed by atoms with van der Waals surface area (Å²) >= 11 is 2.26. The molecule has 4 rings (SSSR count). The summed E-state index contributed by atoms with van der Waals surface area (Å²) in [5.41, 5.74) is 5.95. The minimum atomic E-state index is -3.87. The molecule has 9 nitrogen and oxygen atoms in total. The average Bonchev–Trinajstić information content (AvgIpc) is 3.50. The van der Waals surface area contributed by atoms with E-state index >= 15 is 4.39 Å². The number of benzene rings is 1. The number of amides is 1. The number of carbonyl (C=O) groups is 1. The van der Waals surface area contributed by atoms with Crippen LogP contribution in [0.2, 0.25) is 0 Å². The number of fused-ring (bicyclic) bond motifs is 1. The Labute approximate surface area is 218 Å². The second kappa shape index (κ2) is 11.5. The van der Waals surface area contributed by atoms with E-state index in [4.69, 9.17) is 5.73 Å². The summed E-state index contributed by atoms with van der Waals surface area (Å²) in [5, 5.41) is 4.84. The van der Waals surface area contributed by atoms with E-state index in [1.165, 1.54) is 10.4 Å². The van der Waals surface area contributed by atoms with E-state index in [-0.39, 0.29) is 33.8 Å². The third-order valence-electron chi connectivity index (χ3n) is 6.14. The third kappa shape index (κ3) is 6.03. The standard InChI is InChI=1S/C23H31FN6O3S3/c1-28(2)11-12-30(36(32,33)20-4-3-13-34-20)17-14-18(24)21-19(15-17)35-23(26-21)27-22(31)16-5-8-29(9-6-16)10-7-25/h3-4,13-16H,5-12,25H2,1-2H3,(H,26,27,31). The second-order valence-electron chi connectivity index (χ2n) is 9.00. The van der Waals surface area contributed by atoms with Gasteiger partial charge in [-0.3, -0.25) is 9.10 Å². The van der Waals surface area contributed by atoms with Crippen LogP contribution >= 0.6 is 22.7 Å². The van der Waals surface area contributed by atoms with Crippen molar-refractivity contribution in [3.05, 3.63) is 35.5 Å². The van der Waals surface area contributed by atoms with Gasteiger partial charge in [0.25, 0.3) is 10.0 Å². The molecule has 1 aliphatic rings. The summed E-state index contributed by atoms with van der Waals surface area (Å²) in [5.74, 6) is -0.899. The molecule has 0 unspecified atom stereocenters. The number of anilines is 2. The monoisotopic (exact) mass is 554 g/mol. The number of likely N-dealkylation sites (N-methyl/N-ethyl adjacent to an activating group) is 1. The Hall–Kier alpha value is -2.16. The lowest BCUT2D eigenvalue weighted by molar-refractivity contribution is -0.121. The average molecular weight is 555 g/mol. The fourth-order valence-electron chi connectivity index (χ4n) is 4.18. The highest BCUT2D eigenvalue weighted by Gasteiger charge is 2.28. The number of likely N-dealkylation sites (tertiary alicyclic amines) is 1. The van der Waals surface area contributed by atoms with Crippen molar-refractivity contribution in [1.82, 2.24) is 14.8 Å². The van der Waals surface area contributed by atoms with Crippen LogP contribution in [0.15, 0.2) is 33.9 Å². The Kier molecular flexibility index (Phi) is 8.58. The molecule has 1 aromatic carbocycles. The lowest BCUT2D eigenvalue weighted by atomic mass is 9.96. The van der Waals surface area contributed by atoms with Crippen LogP contribution in [0.5, 0.6) is 0 Å². The fraction of sp³-hybridized carbons (Fsp3) is 0.478. The van der Waals surface area contributed by atoms with Gasteiger partial charge in [-0.25, -0.2) is 17.8 Å². The topological polar surface area (TPSA) is 112 Å². The quantitative estimate of drug-likeness (QED) is 0.396. The third-order valence-corrected chi connectivity index (χ3v) is 10.3. The highest BCUT2D eigenvalue weighted by atomic mass is 32.2. The highest BCUT2D eigenvalue weighted by Crippen LogP contribution is 2.35. The minimum absolute atomic E-state index is 0.109. The predicted octanol–water partition coefficient (Wildman–Crippen LogP) is 2.86. The molecule has 0 radical (unpaired) electrons. The van der Waals surface area contributed by atoms with E-state index in [1.54, 1.807) is 23.6 Å². The van der Waals surface area contributed by atoms with Crippen molar-refractivity contribution in [3.63, 3.8) is 0 Å². The van der Waals surface area contributed by atoms with Crippen LogP contribution in [0.1, 0.15) is 12.8 Å². The number of hydrogen-bond acceptors (Lipinski definition) is 9. The fourth-order valence-corrected chi connectivity index (χ4v) is 7.64. The first kappa shape index (κ1) is 26.9. The van der Waals surface area contributed by atoms with Gasteiger partial charge in [0.2, 0.25) is 5.91 Å². The number of halogens is 1. The first-order valence-corrected chi connectivity index (χ1v) is 14.9. The maximum Gasteiger partial charge on any atom is 0.273 e. The minimum Gasteiger partial charge on any atom is -0.329 e. The smallest absolute Gasteiger partial charge is 0.273 e. The number of nitrogens with zero attached hydrogens (tertiary/aromatic N) is 4. The molecule has 1 aliphatic heterocycles. The van der Waals surface area contributed by atoms with Gasteiger partial charge in [0.15, 0.2) is 10.9 Å². The molecule has 3 aromatic rings. The van der Waals surface area contributed by atoms with Gasteiger partial charge >= 0.3 is 0 Å². The molecule has 36 heavy (non-hydrogen) atoms. The molecule has 0 aliphatic carbocycles. The molecular weight excluding hydrogens is 523 g/mol. The number of piperidine rings is 1. The zero-order chi connectivity index (χ0) is 25.9. The summed E-state index contributed by atoms with van der Waals surface area (Å²) < 4.78 is 43.8. The van der Waals surface area contributed by atoms with E-state index < -0.39 is 15.8 Å². The molecule has 1 amide bonds. The van der Waals surface area contributed by atoms with E-state index in [1.807, 2.05) is 19.0 Å². The Morgan fingerprint density at radius 3 is 2.67 bits per heavy atom. The van der Waals surface area contributed by atoms with Crippen molar-refractivity contribution in [2.24, 2.45) is 11.7 Å². The molecule has 3 N–H and O–H groups in total. The van der Waals surface area contributed by atoms with Gasteiger partial charge in [-0.2, -0.15) is 0 Å². The molecule has 13 heteroatoms. The summed E-state index contributed by atoms with van der Waals surface area (Å²) in [7, 11) is -0.172. The summed E-state index contributed by atoms with van der Waals surface area (Å²) in [6, 6.07) is 6.03. The lowest BCUT2D eigenvalue weighted by Crippen LogP contribution is -2.40. The SMILES string of the molecule is CN(C)CCN(c1cc(F)c2nc(NC(=O)C3CCN(CCN)CC3)sc2c1)S(=O)(=O)c1cccs1. The zero-order valence-electron chi connectivity index (χ0n) is 20.3. The molecule has 1 fully saturated rings. The van der Waals surface area contributed by atoms with Gasteiger partial charge in [-0.05, 0) is 57.5 Å². The Balaban J connectivity index is 1.57. The highest BCUT2D eigenvalue weighted by molar-refractivity contribution is 7.94. The first-order chi connectivity index (χ1) is 17.2. The summed E-state index contributed by atoms with van der Waals surface area (Å²) in [4.78, 5) is 21.2. The van der Waals surface area contributed by atoms with Crippen LogP contribution < -0.4 is 15.4 Å². The van der Waals surface area contributed by atoms with Crippen molar-refractivity contribution in [2.75, 3.05) is 63.0 Å². The Morgan fingerprint density at radius 1 is 1.28 bits per heavy atom. The van der Waals surface area contributed by atoms with E-state index in [0.29, 0.717) is 22.9 Å². The maximum absolute atomic E-state index is 15.1. The maximum atomic E-state index is 15.1. The van der Waals surface area contributed by atoms with E-state index in [9.17, 15) is 13.2 Å². The first-order valence-electron chi connectivity index (χ1n) is 11.7. The van der Waals surface area contributed by atoms with Crippen LogP contribution in [0.3, 0.4) is 0 Å². The molecular formula is C23H31FN6O3S3. The Morgan fingerprint density at radius 2 is 2.03 bits per heavy atom. The van der Waals surface area contributed by atoms with Gasteiger partial charge < -0.3 is 20.9 Å². The number of aromatic nitrogens is 1. The predicted molar refractivity (Wildman–Crippen MR) is 144 cm³/mol. The molecule has 0 saturated carbocycles. The number of nitrogens with two attached hydrogens (primary N) is 1. The van der Waals surface area contributed by atoms with Crippen LogP contribution in [0.25, 0.3) is 10.2 Å². The Bertz CT molecular complexity index is 1290. The number of carbonyl (C=O) groups excluding carboxylic acids is 1. The second-order valence-corrected chi connectivity index (χ2v) is 13.1. The lowest BCUT2D eigenvalue weighted by Gasteiger charge is -2.30. The van der Waals surface area contributed by atoms with Crippen LogP contribution in [0, 0.1) is 11.7 Å². The van der Waals surface area contributed by atoms with Gasteiger partial charge in [-0.1, -0.05) is 17.4 Å².